The zero-order valence-corrected chi connectivity index (χ0v) is 18.8. The molecule has 2 amide bonds. The third-order valence-electron chi connectivity index (χ3n) is 5.09. The summed E-state index contributed by atoms with van der Waals surface area (Å²) >= 11 is 1.33. The lowest BCUT2D eigenvalue weighted by molar-refractivity contribution is 0.0949. The van der Waals surface area contributed by atoms with Gasteiger partial charge in [-0.05, 0) is 55.2 Å². The van der Waals surface area contributed by atoms with E-state index in [-0.39, 0.29) is 11.8 Å². The molecule has 1 aliphatic carbocycles. The molecule has 3 aromatic rings. The van der Waals surface area contributed by atoms with Crippen LogP contribution < -0.4 is 15.4 Å². The largest absolute Gasteiger partial charge is 0.494 e. The Bertz CT molecular complexity index is 1080. The highest BCUT2D eigenvalue weighted by Crippen LogP contribution is 2.41. The SMILES string of the molecule is CCCCOc1ccc(CNC(=O)c2cccc(NC(=O)c3nnc(C4CC4)s3)c2)cc1. The van der Waals surface area contributed by atoms with Crippen molar-refractivity contribution < 1.29 is 14.3 Å². The van der Waals surface area contributed by atoms with Gasteiger partial charge in [0.2, 0.25) is 5.01 Å². The predicted molar refractivity (Wildman–Crippen MR) is 124 cm³/mol. The molecule has 7 nitrogen and oxygen atoms in total. The second-order valence-corrected chi connectivity index (χ2v) is 8.79. The fraction of sp³-hybridized carbons (Fsp3) is 0.333. The number of benzene rings is 2. The summed E-state index contributed by atoms with van der Waals surface area (Å²) in [6, 6.07) is 14.6. The van der Waals surface area contributed by atoms with E-state index >= 15 is 0 Å². The monoisotopic (exact) mass is 450 g/mol. The van der Waals surface area contributed by atoms with Crippen molar-refractivity contribution in [2.24, 2.45) is 0 Å². The molecule has 0 saturated heterocycles. The molecule has 0 atom stereocenters. The van der Waals surface area contributed by atoms with Crippen LogP contribution in [0.5, 0.6) is 5.75 Å². The van der Waals surface area contributed by atoms with E-state index in [0.717, 1.165) is 42.0 Å². The Morgan fingerprint density at radius 1 is 1.09 bits per heavy atom. The normalized spacial score (nSPS) is 12.9. The molecule has 2 N–H and O–H groups in total. The quantitative estimate of drug-likeness (QED) is 0.434. The summed E-state index contributed by atoms with van der Waals surface area (Å²) in [5, 5.41) is 15.1. The molecule has 1 heterocycles. The van der Waals surface area contributed by atoms with Crippen molar-refractivity contribution in [2.75, 3.05) is 11.9 Å². The van der Waals surface area contributed by atoms with E-state index in [1.54, 1.807) is 24.3 Å². The molecule has 4 rings (SSSR count). The Balaban J connectivity index is 1.30. The molecule has 1 aromatic heterocycles. The average Bonchev–Trinajstić information content (AvgIpc) is 3.54. The molecule has 8 heteroatoms. The minimum absolute atomic E-state index is 0.212. The topological polar surface area (TPSA) is 93.2 Å². The van der Waals surface area contributed by atoms with Gasteiger partial charge >= 0.3 is 0 Å². The van der Waals surface area contributed by atoms with E-state index in [0.29, 0.717) is 35.3 Å². The lowest BCUT2D eigenvalue weighted by Crippen LogP contribution is -2.23. The molecule has 0 bridgehead atoms. The minimum atomic E-state index is -0.312. The van der Waals surface area contributed by atoms with Crippen LogP contribution in [0.2, 0.25) is 0 Å². The van der Waals surface area contributed by atoms with Crippen LogP contribution in [-0.2, 0) is 6.54 Å². The summed E-state index contributed by atoms with van der Waals surface area (Å²) < 4.78 is 5.66. The van der Waals surface area contributed by atoms with Gasteiger partial charge in [-0.1, -0.05) is 42.9 Å². The fourth-order valence-electron chi connectivity index (χ4n) is 3.07. The number of unbranched alkanes of at least 4 members (excludes halogenated alkanes) is 1. The highest BCUT2D eigenvalue weighted by atomic mass is 32.1. The van der Waals surface area contributed by atoms with Gasteiger partial charge in [0.05, 0.1) is 6.61 Å². The minimum Gasteiger partial charge on any atom is -0.494 e. The van der Waals surface area contributed by atoms with Crippen molar-refractivity contribution in [1.29, 1.82) is 0 Å². The van der Waals surface area contributed by atoms with Gasteiger partial charge in [0, 0.05) is 23.7 Å². The molecule has 0 aliphatic heterocycles. The standard InChI is InChI=1S/C24H26N4O3S/c1-2-3-13-31-20-11-7-16(8-12-20)15-25-21(29)18-5-4-6-19(14-18)26-22(30)24-28-27-23(32-24)17-9-10-17/h4-8,11-12,14,17H,2-3,9-10,13,15H2,1H3,(H,25,29)(H,26,30). The van der Waals surface area contributed by atoms with Crippen LogP contribution in [0.3, 0.4) is 0 Å². The van der Waals surface area contributed by atoms with Gasteiger partial charge in [0.15, 0.2) is 0 Å². The van der Waals surface area contributed by atoms with Crippen LogP contribution >= 0.6 is 11.3 Å². The second-order valence-electron chi connectivity index (χ2n) is 7.78. The van der Waals surface area contributed by atoms with Gasteiger partial charge in [-0.3, -0.25) is 9.59 Å². The third-order valence-corrected chi connectivity index (χ3v) is 6.17. The van der Waals surface area contributed by atoms with Crippen LogP contribution in [0.15, 0.2) is 48.5 Å². The van der Waals surface area contributed by atoms with E-state index in [2.05, 4.69) is 27.8 Å². The molecular weight excluding hydrogens is 424 g/mol. The predicted octanol–water partition coefficient (Wildman–Crippen LogP) is 4.78. The molecule has 1 fully saturated rings. The number of aromatic nitrogens is 2. The molecule has 166 valence electrons. The molecule has 0 spiro atoms. The van der Waals surface area contributed by atoms with Gasteiger partial charge in [0.25, 0.3) is 11.8 Å². The zero-order chi connectivity index (χ0) is 22.3. The van der Waals surface area contributed by atoms with Crippen molar-refractivity contribution in [3.8, 4) is 5.75 Å². The number of carbonyl (C=O) groups excluding carboxylic acids is 2. The summed E-state index contributed by atoms with van der Waals surface area (Å²) in [5.74, 6) is 0.770. The first kappa shape index (κ1) is 22.0. The zero-order valence-electron chi connectivity index (χ0n) is 18.0. The Morgan fingerprint density at radius 3 is 2.66 bits per heavy atom. The Hall–Kier alpha value is -3.26. The smallest absolute Gasteiger partial charge is 0.286 e. The van der Waals surface area contributed by atoms with Gasteiger partial charge in [-0.25, -0.2) is 0 Å². The molecular formula is C24H26N4O3S. The first-order valence-electron chi connectivity index (χ1n) is 10.9. The number of ether oxygens (including phenoxy) is 1. The molecule has 0 unspecified atom stereocenters. The summed E-state index contributed by atoms with van der Waals surface area (Å²) in [6.45, 7) is 3.24. The molecule has 0 radical (unpaired) electrons. The van der Waals surface area contributed by atoms with Gasteiger partial charge < -0.3 is 15.4 Å². The van der Waals surface area contributed by atoms with Crippen molar-refractivity contribution >= 4 is 28.8 Å². The van der Waals surface area contributed by atoms with Crippen LogP contribution in [0, 0.1) is 0 Å². The van der Waals surface area contributed by atoms with Gasteiger partial charge in [-0.2, -0.15) is 0 Å². The van der Waals surface area contributed by atoms with E-state index in [9.17, 15) is 9.59 Å². The van der Waals surface area contributed by atoms with Crippen LogP contribution in [-0.4, -0.2) is 28.6 Å². The highest BCUT2D eigenvalue weighted by Gasteiger charge is 2.28. The van der Waals surface area contributed by atoms with Crippen molar-refractivity contribution in [1.82, 2.24) is 15.5 Å². The lowest BCUT2D eigenvalue weighted by atomic mass is 10.1. The lowest BCUT2D eigenvalue weighted by Gasteiger charge is -2.09. The fourth-order valence-corrected chi connectivity index (χ4v) is 3.97. The Labute approximate surface area is 191 Å². The van der Waals surface area contributed by atoms with Gasteiger partial charge in [0.1, 0.15) is 10.8 Å². The third kappa shape index (κ3) is 5.91. The number of amides is 2. The van der Waals surface area contributed by atoms with Crippen LogP contribution in [0.1, 0.15) is 69.3 Å². The maximum absolute atomic E-state index is 12.6. The number of rotatable bonds is 10. The molecule has 2 aromatic carbocycles. The number of nitrogens with one attached hydrogen (secondary N) is 2. The first-order chi connectivity index (χ1) is 15.6. The number of nitrogens with zero attached hydrogens (tertiary/aromatic N) is 2. The maximum atomic E-state index is 12.6. The van der Waals surface area contributed by atoms with Crippen molar-refractivity contribution in [3.63, 3.8) is 0 Å². The van der Waals surface area contributed by atoms with Crippen molar-refractivity contribution in [2.45, 2.75) is 45.1 Å². The van der Waals surface area contributed by atoms with Crippen molar-refractivity contribution in [3.05, 3.63) is 69.7 Å². The number of carbonyl (C=O) groups is 2. The maximum Gasteiger partial charge on any atom is 0.286 e. The first-order valence-corrected chi connectivity index (χ1v) is 11.7. The van der Waals surface area contributed by atoms with Crippen LogP contribution in [0.25, 0.3) is 0 Å². The number of hydrogen-bond donors (Lipinski definition) is 2. The van der Waals surface area contributed by atoms with E-state index < -0.39 is 0 Å². The molecule has 1 aliphatic rings. The number of hydrogen-bond acceptors (Lipinski definition) is 6. The van der Waals surface area contributed by atoms with Gasteiger partial charge in [-0.15, -0.1) is 10.2 Å². The molecule has 1 saturated carbocycles. The summed E-state index contributed by atoms with van der Waals surface area (Å²) in [4.78, 5) is 25.0. The average molecular weight is 451 g/mol. The van der Waals surface area contributed by atoms with E-state index in [4.69, 9.17) is 4.74 Å². The summed E-state index contributed by atoms with van der Waals surface area (Å²) in [7, 11) is 0. The second kappa shape index (κ2) is 10.4. The highest BCUT2D eigenvalue weighted by molar-refractivity contribution is 7.13. The Morgan fingerprint density at radius 2 is 1.91 bits per heavy atom. The van der Waals surface area contributed by atoms with Crippen LogP contribution in [0.4, 0.5) is 5.69 Å². The molecule has 32 heavy (non-hydrogen) atoms. The van der Waals surface area contributed by atoms with E-state index in [1.165, 1.54) is 11.3 Å². The van der Waals surface area contributed by atoms with E-state index in [1.807, 2.05) is 24.3 Å². The Kier molecular flexibility index (Phi) is 7.11. The summed E-state index contributed by atoms with van der Waals surface area (Å²) in [5.41, 5.74) is 1.99. The number of anilines is 1. The summed E-state index contributed by atoms with van der Waals surface area (Å²) in [6.07, 6.45) is 4.35.